The van der Waals surface area contributed by atoms with Gasteiger partial charge in [0.05, 0.1) is 6.04 Å². The molecule has 0 bridgehead atoms. The Balaban J connectivity index is 2.16. The highest BCUT2D eigenvalue weighted by atomic mass is 79.9. The molecular formula is C15H19BrN2OS. The Morgan fingerprint density at radius 2 is 2.30 bits per heavy atom. The van der Waals surface area contributed by atoms with E-state index in [1.54, 1.807) is 11.3 Å². The van der Waals surface area contributed by atoms with Crippen molar-refractivity contribution in [1.82, 2.24) is 9.88 Å². The van der Waals surface area contributed by atoms with Crippen LogP contribution in [0.15, 0.2) is 34.2 Å². The lowest BCUT2D eigenvalue weighted by Gasteiger charge is -2.17. The largest absolute Gasteiger partial charge is 0.343 e. The summed E-state index contributed by atoms with van der Waals surface area (Å²) in [7, 11) is 0. The van der Waals surface area contributed by atoms with Gasteiger partial charge in [-0.1, -0.05) is 19.4 Å². The number of nitrogens with one attached hydrogen (secondary N) is 1. The molecule has 2 rings (SSSR count). The topological polar surface area (TPSA) is 34.0 Å². The van der Waals surface area contributed by atoms with Crippen molar-refractivity contribution in [1.29, 1.82) is 0 Å². The zero-order valence-corrected chi connectivity index (χ0v) is 14.1. The first-order chi connectivity index (χ1) is 9.65. The van der Waals surface area contributed by atoms with E-state index in [0.717, 1.165) is 23.9 Å². The molecule has 1 amide bonds. The number of halogens is 1. The Morgan fingerprint density at radius 3 is 2.90 bits per heavy atom. The highest BCUT2D eigenvalue weighted by molar-refractivity contribution is 9.10. The van der Waals surface area contributed by atoms with Crippen molar-refractivity contribution in [3.05, 3.63) is 44.8 Å². The molecule has 0 saturated carbocycles. The van der Waals surface area contributed by atoms with Gasteiger partial charge in [-0.3, -0.25) is 4.79 Å². The number of amides is 1. The third kappa shape index (κ3) is 3.52. The van der Waals surface area contributed by atoms with Gasteiger partial charge in [-0.25, -0.2) is 0 Å². The fourth-order valence-corrected chi connectivity index (χ4v) is 3.50. The maximum Gasteiger partial charge on any atom is 0.268 e. The van der Waals surface area contributed by atoms with Crippen LogP contribution in [0.4, 0.5) is 0 Å². The summed E-state index contributed by atoms with van der Waals surface area (Å²) in [6, 6.07) is 6.09. The highest BCUT2D eigenvalue weighted by Gasteiger charge is 2.18. The molecule has 0 aliphatic rings. The fourth-order valence-electron chi connectivity index (χ4n) is 2.22. The summed E-state index contributed by atoms with van der Waals surface area (Å²) in [6.45, 7) is 4.95. The third-order valence-corrected chi connectivity index (χ3v) is 4.63. The van der Waals surface area contributed by atoms with Crippen molar-refractivity contribution in [3.8, 4) is 0 Å². The molecule has 0 aliphatic carbocycles. The van der Waals surface area contributed by atoms with Gasteiger partial charge in [0.15, 0.2) is 0 Å². The summed E-state index contributed by atoms with van der Waals surface area (Å²) in [4.78, 5) is 13.7. The highest BCUT2D eigenvalue weighted by Crippen LogP contribution is 2.24. The van der Waals surface area contributed by atoms with Gasteiger partial charge in [0.2, 0.25) is 0 Å². The average molecular weight is 355 g/mol. The maximum atomic E-state index is 12.5. The van der Waals surface area contributed by atoms with Crippen LogP contribution in [0.1, 0.15) is 48.1 Å². The minimum atomic E-state index is -0.00981. The summed E-state index contributed by atoms with van der Waals surface area (Å²) in [6.07, 6.45) is 3.94. The summed E-state index contributed by atoms with van der Waals surface area (Å²) in [5.41, 5.74) is 0.706. The van der Waals surface area contributed by atoms with Crippen LogP contribution in [0.25, 0.3) is 0 Å². The zero-order chi connectivity index (χ0) is 14.5. The van der Waals surface area contributed by atoms with Crippen molar-refractivity contribution in [2.75, 3.05) is 0 Å². The number of hydrogen-bond donors (Lipinski definition) is 1. The van der Waals surface area contributed by atoms with Gasteiger partial charge in [0.25, 0.3) is 5.91 Å². The molecule has 3 nitrogen and oxygen atoms in total. The number of carbonyl (C=O) groups excluding carboxylic acids is 1. The Kier molecular flexibility index (Phi) is 5.43. The van der Waals surface area contributed by atoms with Crippen molar-refractivity contribution in [3.63, 3.8) is 0 Å². The van der Waals surface area contributed by atoms with Crippen molar-refractivity contribution < 1.29 is 4.79 Å². The maximum absolute atomic E-state index is 12.5. The van der Waals surface area contributed by atoms with E-state index in [-0.39, 0.29) is 11.9 Å². The van der Waals surface area contributed by atoms with E-state index >= 15 is 0 Å². The van der Waals surface area contributed by atoms with E-state index in [9.17, 15) is 4.79 Å². The number of aryl methyl sites for hydroxylation is 1. The molecule has 1 unspecified atom stereocenters. The Labute approximate surface area is 132 Å². The first kappa shape index (κ1) is 15.3. The van der Waals surface area contributed by atoms with E-state index in [1.165, 1.54) is 4.88 Å². The number of thiophene rings is 1. The molecule has 108 valence electrons. The molecule has 2 aromatic rings. The molecule has 5 heteroatoms. The van der Waals surface area contributed by atoms with E-state index < -0.39 is 0 Å². The second-order valence-corrected chi connectivity index (χ2v) is 6.55. The predicted molar refractivity (Wildman–Crippen MR) is 87.2 cm³/mol. The second-order valence-electron chi connectivity index (χ2n) is 4.66. The normalized spacial score (nSPS) is 12.3. The molecule has 2 aromatic heterocycles. The van der Waals surface area contributed by atoms with E-state index in [0.29, 0.717) is 5.69 Å². The second kappa shape index (κ2) is 7.09. The van der Waals surface area contributed by atoms with E-state index in [1.807, 2.05) is 29.8 Å². The predicted octanol–water partition coefficient (Wildman–Crippen LogP) is 4.60. The van der Waals surface area contributed by atoms with Gasteiger partial charge < -0.3 is 9.88 Å². The van der Waals surface area contributed by atoms with Gasteiger partial charge in [0, 0.05) is 22.1 Å². The monoisotopic (exact) mass is 354 g/mol. The van der Waals surface area contributed by atoms with Gasteiger partial charge in [0.1, 0.15) is 5.69 Å². The first-order valence-corrected chi connectivity index (χ1v) is 8.52. The molecule has 0 saturated heterocycles. The molecule has 0 spiro atoms. The smallest absolute Gasteiger partial charge is 0.268 e. The van der Waals surface area contributed by atoms with Crippen LogP contribution in [0.2, 0.25) is 0 Å². The summed E-state index contributed by atoms with van der Waals surface area (Å²) in [5.74, 6) is -0.00981. The minimum Gasteiger partial charge on any atom is -0.343 e. The van der Waals surface area contributed by atoms with Crippen LogP contribution in [0.3, 0.4) is 0 Å². The number of rotatable bonds is 6. The fraction of sp³-hybridized carbons (Fsp3) is 0.400. The molecule has 0 fully saturated rings. The Morgan fingerprint density at radius 1 is 1.50 bits per heavy atom. The van der Waals surface area contributed by atoms with Crippen LogP contribution >= 0.6 is 27.3 Å². The molecule has 20 heavy (non-hydrogen) atoms. The van der Waals surface area contributed by atoms with Crippen LogP contribution in [-0.4, -0.2) is 10.5 Å². The standard InChI is InChI=1S/C15H19BrN2OS/c1-3-6-12(14-7-5-8-20-14)17-15(19)13-9-11(16)10-18(13)4-2/h5,7-10,12H,3-4,6H2,1-2H3,(H,17,19). The van der Waals surface area contributed by atoms with Crippen LogP contribution < -0.4 is 5.32 Å². The van der Waals surface area contributed by atoms with Crippen molar-refractivity contribution >= 4 is 33.2 Å². The minimum absolute atomic E-state index is 0.00981. The quantitative estimate of drug-likeness (QED) is 0.807. The van der Waals surface area contributed by atoms with Crippen LogP contribution in [0, 0.1) is 0 Å². The number of aromatic nitrogens is 1. The molecule has 0 aromatic carbocycles. The molecule has 0 aliphatic heterocycles. The number of nitrogens with zero attached hydrogens (tertiary/aromatic N) is 1. The zero-order valence-electron chi connectivity index (χ0n) is 11.7. The van der Waals surface area contributed by atoms with Crippen molar-refractivity contribution in [2.24, 2.45) is 0 Å². The van der Waals surface area contributed by atoms with Gasteiger partial charge in [-0.05, 0) is 46.8 Å². The molecule has 1 atom stereocenters. The van der Waals surface area contributed by atoms with Gasteiger partial charge in [-0.2, -0.15) is 0 Å². The molecule has 2 heterocycles. The van der Waals surface area contributed by atoms with Crippen LogP contribution in [-0.2, 0) is 6.54 Å². The summed E-state index contributed by atoms with van der Waals surface area (Å²) < 4.78 is 2.89. The van der Waals surface area contributed by atoms with Crippen molar-refractivity contribution in [2.45, 2.75) is 39.3 Å². The number of hydrogen-bond acceptors (Lipinski definition) is 2. The van der Waals surface area contributed by atoms with E-state index in [4.69, 9.17) is 0 Å². The lowest BCUT2D eigenvalue weighted by Crippen LogP contribution is -2.29. The Bertz CT molecular complexity index is 562. The lowest BCUT2D eigenvalue weighted by atomic mass is 10.1. The van der Waals surface area contributed by atoms with Gasteiger partial charge in [-0.15, -0.1) is 11.3 Å². The van der Waals surface area contributed by atoms with Crippen LogP contribution in [0.5, 0.6) is 0 Å². The lowest BCUT2D eigenvalue weighted by molar-refractivity contribution is 0.0926. The molecular weight excluding hydrogens is 336 g/mol. The first-order valence-electron chi connectivity index (χ1n) is 6.85. The molecule has 0 radical (unpaired) electrons. The number of carbonyl (C=O) groups is 1. The molecule has 1 N–H and O–H groups in total. The third-order valence-electron chi connectivity index (χ3n) is 3.21. The summed E-state index contributed by atoms with van der Waals surface area (Å²) >= 11 is 5.12. The SMILES string of the molecule is CCCC(NC(=O)c1cc(Br)cn1CC)c1cccs1. The summed E-state index contributed by atoms with van der Waals surface area (Å²) in [5, 5.41) is 5.21. The Hall–Kier alpha value is -1.07. The average Bonchev–Trinajstić information content (AvgIpc) is 3.06. The van der Waals surface area contributed by atoms with E-state index in [2.05, 4.69) is 39.6 Å². The van der Waals surface area contributed by atoms with Gasteiger partial charge >= 0.3 is 0 Å².